The number of nitrogens with zero attached hydrogens (tertiary/aromatic N) is 5. The molecule has 9 nitrogen and oxygen atoms in total. The van der Waals surface area contributed by atoms with Gasteiger partial charge in [0.05, 0.1) is 6.20 Å². The Bertz CT molecular complexity index is 1640. The van der Waals surface area contributed by atoms with Crippen LogP contribution in [0, 0.1) is 12.3 Å². The lowest BCUT2D eigenvalue weighted by Crippen LogP contribution is -2.41. The van der Waals surface area contributed by atoms with Gasteiger partial charge in [0, 0.05) is 49.4 Å². The molecule has 196 valence electrons. The average Bonchev–Trinajstić information content (AvgIpc) is 3.53. The molecule has 4 aromatic heterocycles. The number of fused-ring (bicyclic) bond motifs is 3. The highest BCUT2D eigenvalue weighted by atomic mass is 16.4. The summed E-state index contributed by atoms with van der Waals surface area (Å²) in [5.41, 5.74) is 6.49. The molecule has 1 aliphatic carbocycles. The van der Waals surface area contributed by atoms with Crippen molar-refractivity contribution in [1.82, 2.24) is 19.1 Å². The highest BCUT2D eigenvalue weighted by Crippen LogP contribution is 2.40. The van der Waals surface area contributed by atoms with Crippen molar-refractivity contribution in [2.45, 2.75) is 53.5 Å². The lowest BCUT2D eigenvalue weighted by Gasteiger charge is -2.31. The third-order valence-corrected chi connectivity index (χ3v) is 7.62. The minimum Gasteiger partial charge on any atom is -0.429 e. The van der Waals surface area contributed by atoms with E-state index in [0.29, 0.717) is 30.2 Å². The predicted molar refractivity (Wildman–Crippen MR) is 146 cm³/mol. The molecule has 0 fully saturated rings. The summed E-state index contributed by atoms with van der Waals surface area (Å²) < 4.78 is 9.27. The summed E-state index contributed by atoms with van der Waals surface area (Å²) in [5.74, 6) is 1.32. The van der Waals surface area contributed by atoms with E-state index in [4.69, 9.17) is 4.42 Å². The number of rotatable bonds is 5. The summed E-state index contributed by atoms with van der Waals surface area (Å²) in [6.45, 7) is 9.75. The maximum absolute atomic E-state index is 13.8. The predicted octanol–water partition coefficient (Wildman–Crippen LogP) is 4.64. The lowest BCUT2D eigenvalue weighted by atomic mass is 9.90. The van der Waals surface area contributed by atoms with Gasteiger partial charge < -0.3 is 18.9 Å². The number of aromatic nitrogens is 4. The second-order valence-electron chi connectivity index (χ2n) is 11.1. The van der Waals surface area contributed by atoms with E-state index in [0.717, 1.165) is 41.8 Å². The van der Waals surface area contributed by atoms with Crippen LogP contribution in [0.15, 0.2) is 46.0 Å². The number of pyridine rings is 2. The van der Waals surface area contributed by atoms with Gasteiger partial charge in [-0.05, 0) is 60.9 Å². The molecule has 4 aromatic rings. The van der Waals surface area contributed by atoms with Crippen LogP contribution in [0.3, 0.4) is 0 Å². The molecule has 5 heterocycles. The molecule has 0 aromatic carbocycles. The molecule has 0 saturated heterocycles. The molecule has 0 radical (unpaired) electrons. The summed E-state index contributed by atoms with van der Waals surface area (Å²) in [7, 11) is 1.72. The minimum atomic E-state index is -0.194. The van der Waals surface area contributed by atoms with Gasteiger partial charge in [-0.2, -0.15) is 0 Å². The molecule has 1 amide bonds. The van der Waals surface area contributed by atoms with Gasteiger partial charge in [-0.3, -0.25) is 14.5 Å². The van der Waals surface area contributed by atoms with Gasteiger partial charge in [0.2, 0.25) is 0 Å². The molecule has 0 bridgehead atoms. The molecule has 1 N–H and O–H groups in total. The molecule has 38 heavy (non-hydrogen) atoms. The number of carbonyl (C=O) groups is 1. The summed E-state index contributed by atoms with van der Waals surface area (Å²) in [5, 5.41) is 3.01. The molecule has 9 heteroatoms. The van der Waals surface area contributed by atoms with Crippen molar-refractivity contribution in [3.63, 3.8) is 0 Å². The Morgan fingerprint density at radius 3 is 2.68 bits per heavy atom. The Hall–Kier alpha value is -4.14. The Balaban J connectivity index is 1.38. The van der Waals surface area contributed by atoms with Gasteiger partial charge in [0.15, 0.2) is 0 Å². The highest BCUT2D eigenvalue weighted by molar-refractivity contribution is 6.06. The SMILES string of the molecule is CCc1c(-c2cc(Nc3ncc(C)o3)c(=O)n(C)c2)ccnc1N1CCn2c(cc3c2CC(C)(C)C3)C1=O. The van der Waals surface area contributed by atoms with Crippen LogP contribution in [0.5, 0.6) is 0 Å². The van der Waals surface area contributed by atoms with Gasteiger partial charge >= 0.3 is 0 Å². The zero-order valence-electron chi connectivity index (χ0n) is 22.5. The average molecular weight is 513 g/mol. The van der Waals surface area contributed by atoms with Crippen LogP contribution in [-0.2, 0) is 32.9 Å². The quantitative estimate of drug-likeness (QED) is 0.419. The summed E-state index contributed by atoms with van der Waals surface area (Å²) in [6, 6.07) is 6.09. The van der Waals surface area contributed by atoms with Crippen molar-refractivity contribution in [2.24, 2.45) is 12.5 Å². The number of hydrogen-bond donors (Lipinski definition) is 1. The van der Waals surface area contributed by atoms with Crippen LogP contribution in [-0.4, -0.2) is 31.6 Å². The fourth-order valence-electron chi connectivity index (χ4n) is 5.92. The topological polar surface area (TPSA) is 98.2 Å². The van der Waals surface area contributed by atoms with Crippen molar-refractivity contribution in [2.75, 3.05) is 16.8 Å². The monoisotopic (exact) mass is 512 g/mol. The first-order valence-electron chi connectivity index (χ1n) is 13.1. The number of carbonyl (C=O) groups excluding carboxylic acids is 1. The van der Waals surface area contributed by atoms with Crippen LogP contribution in [0.2, 0.25) is 0 Å². The van der Waals surface area contributed by atoms with Gasteiger partial charge in [-0.15, -0.1) is 0 Å². The van der Waals surface area contributed by atoms with Crippen molar-refractivity contribution in [3.8, 4) is 11.1 Å². The number of hydrogen-bond acceptors (Lipinski definition) is 6. The normalized spacial score (nSPS) is 16.0. The lowest BCUT2D eigenvalue weighted by molar-refractivity contribution is 0.0963. The molecular weight excluding hydrogens is 480 g/mol. The molecule has 2 aliphatic rings. The number of oxazole rings is 1. The molecule has 0 spiro atoms. The highest BCUT2D eigenvalue weighted by Gasteiger charge is 2.37. The first kappa shape index (κ1) is 24.2. The maximum atomic E-state index is 13.8. The number of nitrogens with one attached hydrogen (secondary N) is 1. The van der Waals surface area contributed by atoms with E-state index in [9.17, 15) is 9.59 Å². The first-order valence-corrected chi connectivity index (χ1v) is 13.1. The molecule has 0 saturated carbocycles. The van der Waals surface area contributed by atoms with Crippen LogP contribution in [0.4, 0.5) is 17.5 Å². The molecule has 0 unspecified atom stereocenters. The van der Waals surface area contributed by atoms with Crippen molar-refractivity contribution < 1.29 is 9.21 Å². The molecule has 0 atom stereocenters. The Labute approximate surface area is 221 Å². The number of amides is 1. The van der Waals surface area contributed by atoms with Crippen molar-refractivity contribution in [1.29, 1.82) is 0 Å². The van der Waals surface area contributed by atoms with E-state index in [1.54, 1.807) is 32.4 Å². The van der Waals surface area contributed by atoms with E-state index >= 15 is 0 Å². The Morgan fingerprint density at radius 1 is 1.13 bits per heavy atom. The summed E-state index contributed by atoms with van der Waals surface area (Å²) in [6.07, 6.45) is 7.83. The largest absolute Gasteiger partial charge is 0.429 e. The van der Waals surface area contributed by atoms with Crippen LogP contribution in [0.1, 0.15) is 53.8 Å². The minimum absolute atomic E-state index is 0.00936. The number of aryl methyl sites for hydroxylation is 2. The zero-order chi connectivity index (χ0) is 26.8. The van der Waals surface area contributed by atoms with Crippen molar-refractivity contribution in [3.05, 3.63) is 75.4 Å². The van der Waals surface area contributed by atoms with Gasteiger partial charge in [0.25, 0.3) is 17.5 Å². The third-order valence-electron chi connectivity index (χ3n) is 7.62. The fourth-order valence-corrected chi connectivity index (χ4v) is 5.92. The van der Waals surface area contributed by atoms with E-state index < -0.39 is 0 Å². The van der Waals surface area contributed by atoms with Crippen molar-refractivity contribution >= 4 is 23.4 Å². The van der Waals surface area contributed by atoms with E-state index in [2.05, 4.69) is 46.7 Å². The van der Waals surface area contributed by atoms with Gasteiger partial charge in [-0.1, -0.05) is 20.8 Å². The smallest absolute Gasteiger partial charge is 0.299 e. The molecule has 6 rings (SSSR count). The van der Waals surface area contributed by atoms with Crippen LogP contribution < -0.4 is 15.8 Å². The second kappa shape index (κ2) is 8.72. The molecular formula is C29H32N6O3. The number of anilines is 3. The van der Waals surface area contributed by atoms with E-state index in [1.807, 2.05) is 17.2 Å². The third kappa shape index (κ3) is 3.93. The van der Waals surface area contributed by atoms with Crippen LogP contribution >= 0.6 is 0 Å². The van der Waals surface area contributed by atoms with Gasteiger partial charge in [-0.25, -0.2) is 9.97 Å². The maximum Gasteiger partial charge on any atom is 0.299 e. The Kier molecular flexibility index (Phi) is 5.55. The fraction of sp³-hybridized carbons (Fsp3) is 0.379. The van der Waals surface area contributed by atoms with E-state index in [1.165, 1.54) is 15.8 Å². The Morgan fingerprint density at radius 2 is 1.95 bits per heavy atom. The first-order chi connectivity index (χ1) is 18.1. The molecule has 1 aliphatic heterocycles. The zero-order valence-corrected chi connectivity index (χ0v) is 22.5. The summed E-state index contributed by atoms with van der Waals surface area (Å²) >= 11 is 0. The van der Waals surface area contributed by atoms with Crippen LogP contribution in [0.25, 0.3) is 11.1 Å². The second-order valence-corrected chi connectivity index (χ2v) is 11.1. The van der Waals surface area contributed by atoms with E-state index in [-0.39, 0.29) is 22.9 Å². The van der Waals surface area contributed by atoms with Gasteiger partial charge in [0.1, 0.15) is 23.0 Å². The summed E-state index contributed by atoms with van der Waals surface area (Å²) in [4.78, 5) is 37.3. The standard InChI is InChI=1S/C29H32N6O3/c1-6-20-21(19-11-22(26(36)33(5)16-19)32-28-31-15-17(2)38-28)7-8-30-25(20)35-10-9-34-23(27(35)37)12-18-13-29(3,4)14-24(18)34/h7-8,11-12,15-16H,6,9-10,13-14H2,1-5H3,(H,31,32).